The van der Waals surface area contributed by atoms with Crippen molar-refractivity contribution in [3.63, 3.8) is 0 Å². The average molecular weight is 174 g/mol. The third-order valence-electron chi connectivity index (χ3n) is 1.89. The summed E-state index contributed by atoms with van der Waals surface area (Å²) in [5.41, 5.74) is 1.07. The Bertz CT molecular complexity index is 313. The second-order valence-corrected chi connectivity index (χ2v) is 8.98. The van der Waals surface area contributed by atoms with Gasteiger partial charge in [0.2, 0.25) is 0 Å². The minimum atomic E-state index is -1.24. The summed E-state index contributed by atoms with van der Waals surface area (Å²) >= 11 is 0. The maximum absolute atomic E-state index is 5.42. The maximum atomic E-state index is 5.42. The Morgan fingerprint density at radius 3 is 2.17 bits per heavy atom. The standard InChI is InChI=1S/C11H14Si/c1-5-10-8-6-7-9-11(10)12(2,3)4/h1,6-9H,2-4H3. The molecule has 0 atom stereocenters. The summed E-state index contributed by atoms with van der Waals surface area (Å²) in [6.45, 7) is 6.93. The van der Waals surface area contributed by atoms with Crippen molar-refractivity contribution in [2.24, 2.45) is 0 Å². The van der Waals surface area contributed by atoms with Gasteiger partial charge in [-0.2, -0.15) is 0 Å². The van der Waals surface area contributed by atoms with Crippen LogP contribution in [-0.2, 0) is 0 Å². The molecule has 0 aromatic heterocycles. The first kappa shape index (κ1) is 9.09. The van der Waals surface area contributed by atoms with Crippen LogP contribution in [0.2, 0.25) is 19.6 Å². The number of benzene rings is 1. The van der Waals surface area contributed by atoms with Crippen LogP contribution in [0.1, 0.15) is 5.56 Å². The topological polar surface area (TPSA) is 0 Å². The summed E-state index contributed by atoms with van der Waals surface area (Å²) in [5.74, 6) is 2.74. The summed E-state index contributed by atoms with van der Waals surface area (Å²) in [7, 11) is -1.24. The third kappa shape index (κ3) is 1.78. The molecule has 1 aromatic carbocycles. The van der Waals surface area contributed by atoms with E-state index in [0.717, 1.165) is 5.56 Å². The van der Waals surface area contributed by atoms with E-state index in [1.165, 1.54) is 5.19 Å². The quantitative estimate of drug-likeness (QED) is 0.452. The highest BCUT2D eigenvalue weighted by molar-refractivity contribution is 6.89. The number of rotatable bonds is 1. The van der Waals surface area contributed by atoms with Gasteiger partial charge in [0, 0.05) is 5.56 Å². The van der Waals surface area contributed by atoms with Gasteiger partial charge in [0.25, 0.3) is 0 Å². The first-order valence-corrected chi connectivity index (χ1v) is 7.62. The zero-order valence-corrected chi connectivity index (χ0v) is 8.89. The fourth-order valence-electron chi connectivity index (χ4n) is 1.26. The molecule has 0 aliphatic rings. The fraction of sp³-hybridized carbons (Fsp3) is 0.273. The minimum absolute atomic E-state index is 1.07. The Morgan fingerprint density at radius 2 is 1.75 bits per heavy atom. The molecule has 0 fully saturated rings. The molecular weight excluding hydrogens is 160 g/mol. The highest BCUT2D eigenvalue weighted by Crippen LogP contribution is 2.05. The molecule has 62 valence electrons. The van der Waals surface area contributed by atoms with E-state index in [1.54, 1.807) is 0 Å². The van der Waals surface area contributed by atoms with Crippen LogP contribution in [0.25, 0.3) is 0 Å². The molecule has 1 rings (SSSR count). The van der Waals surface area contributed by atoms with Crippen LogP contribution in [0, 0.1) is 12.3 Å². The molecule has 0 saturated carbocycles. The molecule has 0 unspecified atom stereocenters. The van der Waals surface area contributed by atoms with Crippen LogP contribution < -0.4 is 5.19 Å². The maximum Gasteiger partial charge on any atom is 0.0792 e. The molecule has 0 aliphatic carbocycles. The van der Waals surface area contributed by atoms with E-state index in [2.05, 4.69) is 37.7 Å². The molecule has 0 bridgehead atoms. The van der Waals surface area contributed by atoms with Crippen LogP contribution in [0.15, 0.2) is 24.3 Å². The van der Waals surface area contributed by atoms with E-state index in [-0.39, 0.29) is 0 Å². The molecule has 1 aromatic rings. The molecule has 0 spiro atoms. The Labute approximate surface area is 75.6 Å². The lowest BCUT2D eigenvalue weighted by molar-refractivity contribution is 1.64. The van der Waals surface area contributed by atoms with Crippen molar-refractivity contribution in [1.29, 1.82) is 0 Å². The van der Waals surface area contributed by atoms with E-state index in [1.807, 2.05) is 12.1 Å². The molecule has 1 heteroatoms. The highest BCUT2D eigenvalue weighted by Gasteiger charge is 2.18. The van der Waals surface area contributed by atoms with Crippen molar-refractivity contribution in [3.8, 4) is 12.3 Å². The molecule has 0 nitrogen and oxygen atoms in total. The van der Waals surface area contributed by atoms with Gasteiger partial charge in [-0.3, -0.25) is 0 Å². The summed E-state index contributed by atoms with van der Waals surface area (Å²) in [6.07, 6.45) is 5.42. The summed E-state index contributed by atoms with van der Waals surface area (Å²) < 4.78 is 0. The Morgan fingerprint density at radius 1 is 1.17 bits per heavy atom. The second kappa shape index (κ2) is 3.16. The van der Waals surface area contributed by atoms with Gasteiger partial charge in [0.05, 0.1) is 8.07 Å². The minimum Gasteiger partial charge on any atom is -0.115 e. The van der Waals surface area contributed by atoms with Crippen molar-refractivity contribution in [1.82, 2.24) is 0 Å². The Kier molecular flexibility index (Phi) is 2.39. The smallest absolute Gasteiger partial charge is 0.0792 e. The first-order valence-electron chi connectivity index (χ1n) is 4.12. The van der Waals surface area contributed by atoms with Gasteiger partial charge in [-0.15, -0.1) is 6.42 Å². The lowest BCUT2D eigenvalue weighted by Crippen LogP contribution is -2.39. The second-order valence-electron chi connectivity index (χ2n) is 3.94. The number of hydrogen-bond donors (Lipinski definition) is 0. The summed E-state index contributed by atoms with van der Waals surface area (Å²) in [5, 5.41) is 1.38. The van der Waals surface area contributed by atoms with Crippen LogP contribution in [-0.4, -0.2) is 8.07 Å². The molecule has 0 aliphatic heterocycles. The molecule has 0 N–H and O–H groups in total. The monoisotopic (exact) mass is 174 g/mol. The average Bonchev–Trinajstić information content (AvgIpc) is 2.03. The van der Waals surface area contributed by atoms with Gasteiger partial charge in [-0.1, -0.05) is 43.8 Å². The van der Waals surface area contributed by atoms with Crippen molar-refractivity contribution in [2.75, 3.05) is 0 Å². The van der Waals surface area contributed by atoms with Crippen LogP contribution in [0.4, 0.5) is 0 Å². The van der Waals surface area contributed by atoms with Gasteiger partial charge in [0.15, 0.2) is 0 Å². The van der Waals surface area contributed by atoms with Gasteiger partial charge >= 0.3 is 0 Å². The fourth-order valence-corrected chi connectivity index (χ4v) is 2.82. The zero-order valence-electron chi connectivity index (χ0n) is 7.89. The van der Waals surface area contributed by atoms with Gasteiger partial charge in [-0.25, -0.2) is 0 Å². The lowest BCUT2D eigenvalue weighted by atomic mass is 10.2. The molecule has 0 saturated heterocycles. The SMILES string of the molecule is C#Cc1ccccc1[Si](C)(C)C. The number of terminal acetylenes is 1. The van der Waals surface area contributed by atoms with Crippen LogP contribution in [0.3, 0.4) is 0 Å². The Hall–Kier alpha value is -1.00. The van der Waals surface area contributed by atoms with Crippen LogP contribution >= 0.6 is 0 Å². The summed E-state index contributed by atoms with van der Waals surface area (Å²) in [6, 6.07) is 8.24. The van der Waals surface area contributed by atoms with Gasteiger partial charge < -0.3 is 0 Å². The van der Waals surface area contributed by atoms with Gasteiger partial charge in [0.1, 0.15) is 0 Å². The number of hydrogen-bond acceptors (Lipinski definition) is 0. The molecular formula is C11H14Si. The van der Waals surface area contributed by atoms with E-state index in [0.29, 0.717) is 0 Å². The van der Waals surface area contributed by atoms with E-state index in [9.17, 15) is 0 Å². The van der Waals surface area contributed by atoms with Crippen molar-refractivity contribution < 1.29 is 0 Å². The highest BCUT2D eigenvalue weighted by atomic mass is 28.3. The van der Waals surface area contributed by atoms with Crippen molar-refractivity contribution in [3.05, 3.63) is 29.8 Å². The Balaban J connectivity index is 3.26. The zero-order chi connectivity index (χ0) is 9.19. The molecule has 0 heterocycles. The lowest BCUT2D eigenvalue weighted by Gasteiger charge is -2.18. The van der Waals surface area contributed by atoms with Gasteiger partial charge in [-0.05, 0) is 11.3 Å². The van der Waals surface area contributed by atoms with Crippen molar-refractivity contribution >= 4 is 13.3 Å². The molecule has 0 amide bonds. The predicted molar refractivity (Wildman–Crippen MR) is 57.4 cm³/mol. The van der Waals surface area contributed by atoms with Crippen molar-refractivity contribution in [2.45, 2.75) is 19.6 Å². The van der Waals surface area contributed by atoms with E-state index < -0.39 is 8.07 Å². The first-order chi connectivity index (χ1) is 5.55. The van der Waals surface area contributed by atoms with E-state index >= 15 is 0 Å². The largest absolute Gasteiger partial charge is 0.115 e. The summed E-state index contributed by atoms with van der Waals surface area (Å²) in [4.78, 5) is 0. The third-order valence-corrected chi connectivity index (χ3v) is 3.94. The van der Waals surface area contributed by atoms with E-state index in [4.69, 9.17) is 6.42 Å². The normalized spacial score (nSPS) is 10.8. The molecule has 12 heavy (non-hydrogen) atoms. The molecule has 0 radical (unpaired) electrons. The predicted octanol–water partition coefficient (Wildman–Crippen LogP) is 2.21. The van der Waals surface area contributed by atoms with Crippen LogP contribution in [0.5, 0.6) is 0 Å².